The van der Waals surface area contributed by atoms with Crippen LogP contribution in [0, 0.1) is 16.2 Å². The Kier molecular flexibility index (Phi) is 8.80. The van der Waals surface area contributed by atoms with E-state index in [0.717, 1.165) is 32.4 Å². The third-order valence-corrected chi connectivity index (χ3v) is 6.28. The number of hydrazine groups is 1. The van der Waals surface area contributed by atoms with E-state index in [1.54, 1.807) is 0 Å². The summed E-state index contributed by atoms with van der Waals surface area (Å²) < 4.78 is 0. The highest BCUT2D eigenvalue weighted by atomic mass is 16.2. The lowest BCUT2D eigenvalue weighted by molar-refractivity contribution is -0.130. The second-order valence-corrected chi connectivity index (χ2v) is 10.0. The first-order chi connectivity index (χ1) is 12.5. The van der Waals surface area contributed by atoms with Crippen molar-refractivity contribution in [1.82, 2.24) is 21.1 Å². The van der Waals surface area contributed by atoms with Gasteiger partial charge in [0.15, 0.2) is 0 Å². The average molecular weight is 380 g/mol. The third-order valence-electron chi connectivity index (χ3n) is 6.28. The molecule has 156 valence electrons. The predicted octanol–water partition coefficient (Wildman–Crippen LogP) is 1.34. The highest BCUT2D eigenvalue weighted by Crippen LogP contribution is 2.39. The van der Waals surface area contributed by atoms with Crippen LogP contribution in [0.4, 0.5) is 0 Å². The van der Waals surface area contributed by atoms with Crippen molar-refractivity contribution in [2.45, 2.75) is 73.2 Å². The van der Waals surface area contributed by atoms with Gasteiger partial charge in [0.2, 0.25) is 12.3 Å². The smallest absolute Gasteiger partial charge is 0.241 e. The summed E-state index contributed by atoms with van der Waals surface area (Å²) in [7, 11) is 2.23. The van der Waals surface area contributed by atoms with Crippen molar-refractivity contribution in [2.24, 2.45) is 16.2 Å². The number of carbonyl (C=O) groups excluding carboxylic acids is 2. The first-order valence-electron chi connectivity index (χ1n) is 10.4. The van der Waals surface area contributed by atoms with Crippen LogP contribution in [-0.2, 0) is 9.59 Å². The van der Waals surface area contributed by atoms with E-state index < -0.39 is 0 Å². The van der Waals surface area contributed by atoms with Crippen LogP contribution in [0.2, 0.25) is 6.32 Å². The predicted molar refractivity (Wildman–Crippen MR) is 114 cm³/mol. The monoisotopic (exact) mass is 380 g/mol. The molecule has 0 bridgehead atoms. The van der Waals surface area contributed by atoms with Gasteiger partial charge in [-0.3, -0.25) is 20.4 Å². The highest BCUT2D eigenvalue weighted by Gasteiger charge is 2.37. The number of rotatable bonds is 12. The average Bonchev–Trinajstić information content (AvgIpc) is 2.98. The van der Waals surface area contributed by atoms with Gasteiger partial charge in [0.1, 0.15) is 7.85 Å². The van der Waals surface area contributed by atoms with Crippen molar-refractivity contribution in [2.75, 3.05) is 26.2 Å². The number of likely N-dealkylation sites (tertiary alicyclic amines) is 1. The van der Waals surface area contributed by atoms with E-state index in [1.807, 2.05) is 4.90 Å². The number of nitrogens with one attached hydrogen (secondary N) is 3. The molecule has 2 amide bonds. The zero-order valence-electron chi connectivity index (χ0n) is 18.6. The van der Waals surface area contributed by atoms with Crippen LogP contribution >= 0.6 is 0 Å². The summed E-state index contributed by atoms with van der Waals surface area (Å²) in [6, 6.07) is 0.392. The standard InChI is InChI=1S/C20H41BN4O2/c1-7-18(2,3)12-19(4,5)16(10-21)24-23-13-20(6)8-9-25(14-20)17(27)11-22-15-26/h15-16,23-24H,7-14,21H2,1-6H3,(H,22,26). The molecule has 1 aliphatic rings. The van der Waals surface area contributed by atoms with Crippen molar-refractivity contribution in [3.8, 4) is 0 Å². The summed E-state index contributed by atoms with van der Waals surface area (Å²) in [5.74, 6) is -0.00634. The number of hydrogen-bond donors (Lipinski definition) is 3. The van der Waals surface area contributed by atoms with Crippen molar-refractivity contribution in [1.29, 1.82) is 0 Å². The Hall–Kier alpha value is -1.08. The topological polar surface area (TPSA) is 73.5 Å². The van der Waals surface area contributed by atoms with E-state index >= 15 is 0 Å². The Balaban J connectivity index is 2.52. The van der Waals surface area contributed by atoms with E-state index in [0.29, 0.717) is 17.9 Å². The van der Waals surface area contributed by atoms with E-state index in [4.69, 9.17) is 0 Å². The Morgan fingerprint density at radius 2 is 2.00 bits per heavy atom. The maximum atomic E-state index is 12.1. The number of nitrogens with zero attached hydrogens (tertiary/aromatic N) is 1. The van der Waals surface area contributed by atoms with Crippen LogP contribution in [0.1, 0.15) is 60.8 Å². The number of amides is 2. The fraction of sp³-hybridized carbons (Fsp3) is 0.900. The van der Waals surface area contributed by atoms with Gasteiger partial charge in [-0.2, -0.15) is 0 Å². The lowest BCUT2D eigenvalue weighted by atomic mass is 9.67. The molecule has 1 saturated heterocycles. The largest absolute Gasteiger partial charge is 0.350 e. The highest BCUT2D eigenvalue weighted by molar-refractivity contribution is 6.09. The normalized spacial score (nSPS) is 21.9. The van der Waals surface area contributed by atoms with Gasteiger partial charge in [0.05, 0.1) is 6.54 Å². The molecule has 0 saturated carbocycles. The van der Waals surface area contributed by atoms with E-state index in [9.17, 15) is 9.59 Å². The second-order valence-electron chi connectivity index (χ2n) is 10.0. The number of carbonyl (C=O) groups is 2. The molecule has 27 heavy (non-hydrogen) atoms. The molecule has 7 heteroatoms. The second kappa shape index (κ2) is 9.92. The van der Waals surface area contributed by atoms with Gasteiger partial charge in [-0.25, -0.2) is 0 Å². The Labute approximate surface area is 167 Å². The van der Waals surface area contributed by atoms with E-state index in [-0.39, 0.29) is 23.3 Å². The summed E-state index contributed by atoms with van der Waals surface area (Å²) in [4.78, 5) is 24.3. The van der Waals surface area contributed by atoms with Gasteiger partial charge >= 0.3 is 0 Å². The molecule has 6 nitrogen and oxygen atoms in total. The van der Waals surface area contributed by atoms with Gasteiger partial charge in [-0.15, -0.1) is 0 Å². The fourth-order valence-electron chi connectivity index (χ4n) is 4.34. The van der Waals surface area contributed by atoms with E-state index in [2.05, 4.69) is 65.6 Å². The Bertz CT molecular complexity index is 498. The minimum Gasteiger partial charge on any atom is -0.350 e. The minimum absolute atomic E-state index is 0.00634. The van der Waals surface area contributed by atoms with Gasteiger partial charge in [-0.1, -0.05) is 54.3 Å². The van der Waals surface area contributed by atoms with Crippen molar-refractivity contribution >= 4 is 20.2 Å². The molecule has 0 aromatic heterocycles. The van der Waals surface area contributed by atoms with Crippen LogP contribution in [0.3, 0.4) is 0 Å². The first-order valence-corrected chi connectivity index (χ1v) is 10.4. The van der Waals surface area contributed by atoms with Gasteiger partial charge in [0, 0.05) is 31.1 Å². The zero-order valence-corrected chi connectivity index (χ0v) is 18.6. The molecule has 3 N–H and O–H groups in total. The molecule has 0 radical (unpaired) electrons. The molecule has 1 fully saturated rings. The van der Waals surface area contributed by atoms with Gasteiger partial charge < -0.3 is 10.2 Å². The molecule has 0 aromatic rings. The summed E-state index contributed by atoms with van der Waals surface area (Å²) in [6.07, 6.45) is 4.97. The Morgan fingerprint density at radius 3 is 2.56 bits per heavy atom. The quantitative estimate of drug-likeness (QED) is 0.271. The molecule has 1 rings (SSSR count). The van der Waals surface area contributed by atoms with Crippen LogP contribution < -0.4 is 16.2 Å². The van der Waals surface area contributed by atoms with Gasteiger partial charge in [0.25, 0.3) is 0 Å². The van der Waals surface area contributed by atoms with Crippen molar-refractivity contribution in [3.05, 3.63) is 0 Å². The maximum absolute atomic E-state index is 12.1. The molecule has 0 aromatic carbocycles. The molecular weight excluding hydrogens is 339 g/mol. The minimum atomic E-state index is -0.00634. The molecule has 2 unspecified atom stereocenters. The molecule has 2 atom stereocenters. The molecule has 0 spiro atoms. The summed E-state index contributed by atoms with van der Waals surface area (Å²) in [5, 5.41) is 2.46. The third kappa shape index (κ3) is 7.45. The lowest BCUT2D eigenvalue weighted by Gasteiger charge is -2.41. The lowest BCUT2D eigenvalue weighted by Crippen LogP contribution is -2.52. The maximum Gasteiger partial charge on any atom is 0.241 e. The van der Waals surface area contributed by atoms with Crippen LogP contribution in [0.5, 0.6) is 0 Å². The molecular formula is C20H41BN4O2. The molecule has 1 heterocycles. The van der Waals surface area contributed by atoms with Crippen molar-refractivity contribution in [3.63, 3.8) is 0 Å². The fourth-order valence-corrected chi connectivity index (χ4v) is 4.34. The van der Waals surface area contributed by atoms with Crippen molar-refractivity contribution < 1.29 is 9.59 Å². The van der Waals surface area contributed by atoms with Crippen LogP contribution in [0.15, 0.2) is 0 Å². The van der Waals surface area contributed by atoms with Crippen LogP contribution in [-0.4, -0.2) is 57.3 Å². The Morgan fingerprint density at radius 1 is 1.33 bits per heavy atom. The van der Waals surface area contributed by atoms with Gasteiger partial charge in [-0.05, 0) is 23.7 Å². The molecule has 1 aliphatic heterocycles. The SMILES string of the molecule is BCC(NNCC1(C)CCN(C(=O)CNC=O)C1)C(C)(C)CC(C)(C)CC. The summed E-state index contributed by atoms with van der Waals surface area (Å²) in [6.45, 7) is 16.3. The summed E-state index contributed by atoms with van der Waals surface area (Å²) in [5.41, 5.74) is 7.63. The summed E-state index contributed by atoms with van der Waals surface area (Å²) >= 11 is 0. The molecule has 0 aliphatic carbocycles. The van der Waals surface area contributed by atoms with Crippen LogP contribution in [0.25, 0.3) is 0 Å². The number of hydrogen-bond acceptors (Lipinski definition) is 4. The van der Waals surface area contributed by atoms with E-state index in [1.165, 1.54) is 12.8 Å². The first kappa shape index (κ1) is 24.0. The zero-order chi connectivity index (χ0) is 20.7.